The second-order valence-electron chi connectivity index (χ2n) is 2.73. The Hall–Kier alpha value is -1.50. The van der Waals surface area contributed by atoms with Gasteiger partial charge in [0.05, 0.1) is 6.54 Å². The smallest absolute Gasteiger partial charge is 0.213 e. The van der Waals surface area contributed by atoms with Gasteiger partial charge in [-0.05, 0) is 12.2 Å². The maximum atomic E-state index is 5.07. The van der Waals surface area contributed by atoms with Crippen LogP contribution in [0.5, 0.6) is 0 Å². The third-order valence-electron chi connectivity index (χ3n) is 1.86. The summed E-state index contributed by atoms with van der Waals surface area (Å²) in [7, 11) is 0. The van der Waals surface area contributed by atoms with E-state index in [1.165, 1.54) is 6.39 Å². The van der Waals surface area contributed by atoms with Crippen molar-refractivity contribution in [1.29, 1.82) is 0 Å². The molecule has 14 heavy (non-hydrogen) atoms. The number of H-pyrrole nitrogens is 1. The first-order valence-corrected chi connectivity index (χ1v) is 4.61. The Labute approximate surface area is 85.0 Å². The van der Waals surface area contributed by atoms with Crippen LogP contribution in [0, 0.1) is 4.77 Å². The van der Waals surface area contributed by atoms with Crippen molar-refractivity contribution in [3.8, 4) is 0 Å². The van der Waals surface area contributed by atoms with Crippen molar-refractivity contribution in [3.05, 3.63) is 22.8 Å². The Balaban J connectivity index is 2.32. The van der Waals surface area contributed by atoms with Crippen molar-refractivity contribution >= 4 is 12.2 Å². The molecule has 2 aromatic heterocycles. The van der Waals surface area contributed by atoms with Crippen molar-refractivity contribution in [1.82, 2.24) is 24.9 Å². The molecule has 0 fully saturated rings. The van der Waals surface area contributed by atoms with E-state index in [1.807, 2.05) is 11.5 Å². The Bertz CT molecular complexity index is 457. The molecule has 0 aliphatic carbocycles. The van der Waals surface area contributed by atoms with Gasteiger partial charge in [-0.1, -0.05) is 12.1 Å². The normalized spacial score (nSPS) is 10.6. The number of nitrogens with zero attached hydrogens (tertiary/aromatic N) is 4. The fraction of sp³-hybridized carbons (Fsp3) is 0.429. The van der Waals surface area contributed by atoms with Gasteiger partial charge < -0.3 is 4.52 Å². The molecule has 0 bridgehead atoms. The third kappa shape index (κ3) is 1.58. The maximum absolute atomic E-state index is 5.07. The molecule has 6 nitrogen and oxygen atoms in total. The van der Waals surface area contributed by atoms with Gasteiger partial charge in [0, 0.05) is 6.42 Å². The molecule has 0 aliphatic heterocycles. The zero-order valence-electron chi connectivity index (χ0n) is 7.60. The van der Waals surface area contributed by atoms with Crippen LogP contribution in [0.25, 0.3) is 0 Å². The predicted molar refractivity (Wildman–Crippen MR) is 50.2 cm³/mol. The minimum Gasteiger partial charge on any atom is -0.343 e. The minimum absolute atomic E-state index is 0.495. The summed E-state index contributed by atoms with van der Waals surface area (Å²) in [5.74, 6) is 1.48. The van der Waals surface area contributed by atoms with Gasteiger partial charge in [0.15, 0.2) is 10.6 Å². The zero-order chi connectivity index (χ0) is 9.97. The number of hydrogen-bond acceptors (Lipinski definition) is 5. The van der Waals surface area contributed by atoms with Gasteiger partial charge in [0.2, 0.25) is 6.39 Å². The van der Waals surface area contributed by atoms with Gasteiger partial charge >= 0.3 is 0 Å². The van der Waals surface area contributed by atoms with Gasteiger partial charge in [-0.15, -0.1) is 0 Å². The van der Waals surface area contributed by atoms with Crippen LogP contribution in [0.2, 0.25) is 0 Å². The van der Waals surface area contributed by atoms with Crippen molar-refractivity contribution in [2.24, 2.45) is 0 Å². The second kappa shape index (κ2) is 3.70. The fourth-order valence-corrected chi connectivity index (χ4v) is 1.40. The largest absolute Gasteiger partial charge is 0.343 e. The highest BCUT2D eigenvalue weighted by Gasteiger charge is 2.06. The van der Waals surface area contributed by atoms with E-state index in [2.05, 4.69) is 24.9 Å². The zero-order valence-corrected chi connectivity index (χ0v) is 8.41. The van der Waals surface area contributed by atoms with Crippen LogP contribution in [-0.4, -0.2) is 24.9 Å². The van der Waals surface area contributed by atoms with E-state index in [0.29, 0.717) is 17.1 Å². The Morgan fingerprint density at radius 1 is 1.64 bits per heavy atom. The molecule has 74 valence electrons. The van der Waals surface area contributed by atoms with Crippen molar-refractivity contribution < 1.29 is 4.52 Å². The highest BCUT2D eigenvalue weighted by molar-refractivity contribution is 7.71. The van der Waals surface area contributed by atoms with E-state index in [9.17, 15) is 0 Å². The molecule has 1 N–H and O–H groups in total. The number of hydrogen-bond donors (Lipinski definition) is 1. The van der Waals surface area contributed by atoms with Crippen LogP contribution < -0.4 is 0 Å². The van der Waals surface area contributed by atoms with Crippen LogP contribution in [-0.2, 0) is 13.0 Å². The van der Waals surface area contributed by atoms with Crippen LogP contribution >= 0.6 is 12.2 Å². The van der Waals surface area contributed by atoms with Gasteiger partial charge in [0.25, 0.3) is 0 Å². The molecule has 0 aromatic carbocycles. The Kier molecular flexibility index (Phi) is 2.40. The average Bonchev–Trinajstić information content (AvgIpc) is 2.79. The lowest BCUT2D eigenvalue weighted by Gasteiger charge is -2.00. The topological polar surface area (TPSA) is 72.5 Å². The lowest BCUT2D eigenvalue weighted by atomic mass is 10.4. The summed E-state index contributed by atoms with van der Waals surface area (Å²) in [6.07, 6.45) is 2.11. The molecule has 0 radical (unpaired) electrons. The molecule has 0 saturated heterocycles. The van der Waals surface area contributed by atoms with Crippen molar-refractivity contribution in [2.45, 2.75) is 19.9 Å². The summed E-state index contributed by atoms with van der Waals surface area (Å²) in [5.41, 5.74) is 0. The molecule has 0 unspecified atom stereocenters. The van der Waals surface area contributed by atoms with Gasteiger partial charge in [-0.3, -0.25) is 9.67 Å². The Morgan fingerprint density at radius 3 is 3.14 bits per heavy atom. The number of aromatic nitrogens is 5. The maximum Gasteiger partial charge on any atom is 0.213 e. The third-order valence-corrected chi connectivity index (χ3v) is 2.17. The van der Waals surface area contributed by atoms with E-state index in [0.717, 1.165) is 12.2 Å². The van der Waals surface area contributed by atoms with Gasteiger partial charge in [-0.25, -0.2) is 0 Å². The number of aryl methyl sites for hydroxylation is 1. The molecular weight excluding hydrogens is 202 g/mol. The highest BCUT2D eigenvalue weighted by Crippen LogP contribution is 2.02. The first-order valence-electron chi connectivity index (χ1n) is 4.20. The molecular formula is C7H9N5OS. The first kappa shape index (κ1) is 9.07. The molecule has 0 spiro atoms. The number of nitrogens with one attached hydrogen (secondary N) is 1. The number of rotatable bonds is 3. The monoisotopic (exact) mass is 211 g/mol. The summed E-state index contributed by atoms with van der Waals surface area (Å²) in [5, 5.41) is 10.5. The van der Waals surface area contributed by atoms with Gasteiger partial charge in [-0.2, -0.15) is 10.1 Å². The molecule has 0 saturated carbocycles. The van der Waals surface area contributed by atoms with Crippen LogP contribution in [0.3, 0.4) is 0 Å². The molecule has 2 heterocycles. The van der Waals surface area contributed by atoms with E-state index < -0.39 is 0 Å². The van der Waals surface area contributed by atoms with E-state index >= 15 is 0 Å². The summed E-state index contributed by atoms with van der Waals surface area (Å²) in [6, 6.07) is 0. The van der Waals surface area contributed by atoms with E-state index in [4.69, 9.17) is 12.2 Å². The summed E-state index contributed by atoms with van der Waals surface area (Å²) >= 11 is 5.07. The van der Waals surface area contributed by atoms with Gasteiger partial charge in [0.1, 0.15) is 5.82 Å². The first-order chi connectivity index (χ1) is 6.81. The lowest BCUT2D eigenvalue weighted by Crippen LogP contribution is -2.05. The van der Waals surface area contributed by atoms with Crippen LogP contribution in [0.15, 0.2) is 10.9 Å². The summed E-state index contributed by atoms with van der Waals surface area (Å²) in [4.78, 5) is 3.92. The predicted octanol–water partition coefficient (Wildman–Crippen LogP) is 0.934. The molecule has 2 aromatic rings. The highest BCUT2D eigenvalue weighted by atomic mass is 32.1. The second-order valence-corrected chi connectivity index (χ2v) is 3.12. The van der Waals surface area contributed by atoms with Crippen molar-refractivity contribution in [2.75, 3.05) is 0 Å². The standard InChI is InChI=1S/C7H9N5OS/c1-2-6-9-10-7(14)12(6)3-5-8-4-13-11-5/h4H,2-3H2,1H3,(H,10,14). The molecule has 0 atom stereocenters. The summed E-state index contributed by atoms with van der Waals surface area (Å²) in [6.45, 7) is 2.51. The quantitative estimate of drug-likeness (QED) is 0.765. The molecule has 7 heteroatoms. The van der Waals surface area contributed by atoms with E-state index in [1.54, 1.807) is 0 Å². The van der Waals surface area contributed by atoms with E-state index in [-0.39, 0.29) is 0 Å². The van der Waals surface area contributed by atoms with Crippen molar-refractivity contribution in [3.63, 3.8) is 0 Å². The SMILES string of the molecule is CCc1n[nH]c(=S)n1Cc1ncon1. The summed E-state index contributed by atoms with van der Waals surface area (Å²) < 4.78 is 7.06. The molecule has 2 rings (SSSR count). The minimum atomic E-state index is 0.495. The Morgan fingerprint density at radius 2 is 2.50 bits per heavy atom. The fourth-order valence-electron chi connectivity index (χ4n) is 1.19. The lowest BCUT2D eigenvalue weighted by molar-refractivity contribution is 0.407. The van der Waals surface area contributed by atoms with Crippen LogP contribution in [0.1, 0.15) is 18.6 Å². The molecule has 0 aliphatic rings. The number of aromatic amines is 1. The average molecular weight is 211 g/mol. The van der Waals surface area contributed by atoms with Crippen LogP contribution in [0.4, 0.5) is 0 Å². The molecule has 0 amide bonds.